The van der Waals surface area contributed by atoms with Crippen LogP contribution < -0.4 is 0 Å². The molecule has 0 saturated carbocycles. The smallest absolute Gasteiger partial charge is 0.0590 e. The molecule has 0 aliphatic carbocycles. The molecule has 48 valence electrons. The van der Waals surface area contributed by atoms with Crippen molar-refractivity contribution in [1.82, 2.24) is 0 Å². The Morgan fingerprint density at radius 1 is 1.11 bits per heavy atom. The molecule has 0 atom stereocenters. The molecule has 0 radical (unpaired) electrons. The Balaban J connectivity index is 3.60. The van der Waals surface area contributed by atoms with Gasteiger partial charge in [0.1, 0.15) is 0 Å². The monoisotopic (exact) mass is 126 g/mol. The zero-order valence-corrected chi connectivity index (χ0v) is 6.00. The Morgan fingerprint density at radius 2 is 1.78 bits per heavy atom. The summed E-state index contributed by atoms with van der Waals surface area (Å²) in [6.07, 6.45) is 0. The normalized spacial score (nSPS) is 14.3. The summed E-state index contributed by atoms with van der Waals surface area (Å²) in [5, 5.41) is 0. The van der Waals surface area contributed by atoms with Crippen molar-refractivity contribution in [3.63, 3.8) is 0 Å². The molecule has 0 heterocycles. The molecule has 0 spiro atoms. The first kappa shape index (κ1) is 3.40. The van der Waals surface area contributed by atoms with Gasteiger partial charge in [0.15, 0.2) is 0 Å². The molecule has 0 aliphatic heterocycles. The molecule has 0 aliphatic rings. The van der Waals surface area contributed by atoms with E-state index in [0.29, 0.717) is 11.6 Å². The first-order valence-electron chi connectivity index (χ1n) is 4.50. The predicted octanol–water partition coefficient (Wildman–Crippen LogP) is 2.61. The van der Waals surface area contributed by atoms with Gasteiger partial charge >= 0.3 is 0 Å². The van der Waals surface area contributed by atoms with Crippen molar-refractivity contribution >= 4 is 0 Å². The van der Waals surface area contributed by atoms with Crippen LogP contribution in [-0.2, 0) is 0 Å². The lowest BCUT2D eigenvalue weighted by molar-refractivity contribution is 1.30. The fourth-order valence-electron chi connectivity index (χ4n) is 0.688. The van der Waals surface area contributed by atoms with E-state index in [9.17, 15) is 0 Å². The average Bonchev–Trinajstić information content (AvgIpc) is 2.08. The van der Waals surface area contributed by atoms with E-state index in [2.05, 4.69) is 0 Å². The molecular weight excluding hydrogens is 108 g/mol. The summed E-state index contributed by atoms with van der Waals surface area (Å²) in [6, 6.07) is 0.831. The quantitative estimate of drug-likeness (QED) is 0.501. The summed E-state index contributed by atoms with van der Waals surface area (Å²) in [6.45, 7) is 5.32. The number of benzene rings is 1. The fraction of sp³-hybridized carbons (Fsp3) is 0.333. The van der Waals surface area contributed by atoms with Gasteiger partial charge < -0.3 is 0 Å². The van der Waals surface area contributed by atoms with Gasteiger partial charge in [0.2, 0.25) is 0 Å². The number of hydrogen-bond donors (Lipinski definition) is 0. The van der Waals surface area contributed by atoms with E-state index in [-0.39, 0.29) is 12.1 Å². The third-order valence-corrected chi connectivity index (χ3v) is 1.38. The maximum atomic E-state index is 7.62. The molecule has 1 aromatic carbocycles. The van der Waals surface area contributed by atoms with Crippen LogP contribution in [0.5, 0.6) is 0 Å². The van der Waals surface area contributed by atoms with Crippen LogP contribution in [0.4, 0.5) is 0 Å². The van der Waals surface area contributed by atoms with Crippen molar-refractivity contribution in [2.24, 2.45) is 0 Å². The van der Waals surface area contributed by atoms with E-state index < -0.39 is 0 Å². The predicted molar refractivity (Wildman–Crippen MR) is 40.7 cm³/mol. The van der Waals surface area contributed by atoms with Gasteiger partial charge in [-0.05, 0) is 31.9 Å². The number of hydrogen-bond acceptors (Lipinski definition) is 0. The molecule has 0 heteroatoms. The molecule has 0 saturated heterocycles. The second kappa shape index (κ2) is 2.22. The average molecular weight is 126 g/mol. The second-order valence-corrected chi connectivity index (χ2v) is 2.25. The van der Waals surface area contributed by atoms with Gasteiger partial charge in [-0.25, -0.2) is 0 Å². The Morgan fingerprint density at radius 3 is 2.44 bits per heavy atom. The second-order valence-electron chi connectivity index (χ2n) is 2.25. The van der Waals surface area contributed by atoms with E-state index in [1.807, 2.05) is 6.92 Å². The Labute approximate surface area is 60.7 Å². The van der Waals surface area contributed by atoms with Crippen molar-refractivity contribution in [3.8, 4) is 0 Å². The lowest BCUT2D eigenvalue weighted by Crippen LogP contribution is -1.79. The SMILES string of the molecule is [3H]c1c([3H])c(C)c(C)c([3H])c1C. The highest BCUT2D eigenvalue weighted by molar-refractivity contribution is 5.28. The molecule has 0 amide bonds. The largest absolute Gasteiger partial charge is 0.0628 e. The van der Waals surface area contributed by atoms with Gasteiger partial charge in [-0.1, -0.05) is 23.7 Å². The van der Waals surface area contributed by atoms with Crippen LogP contribution in [0.1, 0.15) is 20.8 Å². The topological polar surface area (TPSA) is 0 Å². The zero-order chi connectivity index (χ0) is 9.46. The molecule has 0 unspecified atom stereocenters. The van der Waals surface area contributed by atoms with Crippen LogP contribution in [0, 0.1) is 20.8 Å². The van der Waals surface area contributed by atoms with Crippen molar-refractivity contribution in [3.05, 3.63) is 34.8 Å². The number of rotatable bonds is 0. The summed E-state index contributed by atoms with van der Waals surface area (Å²) >= 11 is 0. The van der Waals surface area contributed by atoms with E-state index in [0.717, 1.165) is 11.1 Å². The van der Waals surface area contributed by atoms with E-state index in [1.165, 1.54) is 0 Å². The lowest BCUT2D eigenvalue weighted by atomic mass is 10.1. The summed E-state index contributed by atoms with van der Waals surface area (Å²) < 4.78 is 22.7. The van der Waals surface area contributed by atoms with Crippen molar-refractivity contribution < 1.29 is 4.11 Å². The Bertz CT molecular complexity index is 224. The standard InChI is InChI=1S/C9H12/c1-7-4-5-8(2)9(3)6-7/h4-6H,1-3H3/i4T,5T,6T. The van der Waals surface area contributed by atoms with Gasteiger partial charge in [0.05, 0.1) is 4.11 Å². The molecule has 0 bridgehead atoms. The van der Waals surface area contributed by atoms with Gasteiger partial charge in [-0.3, -0.25) is 0 Å². The van der Waals surface area contributed by atoms with Gasteiger partial charge in [-0.2, -0.15) is 0 Å². The van der Waals surface area contributed by atoms with Crippen LogP contribution >= 0.6 is 0 Å². The minimum absolute atomic E-state index is 0.183. The molecule has 0 nitrogen and oxygen atoms in total. The minimum Gasteiger partial charge on any atom is -0.0590 e. The highest BCUT2D eigenvalue weighted by Gasteiger charge is 1.89. The molecule has 0 fully saturated rings. The van der Waals surface area contributed by atoms with E-state index in [4.69, 9.17) is 4.11 Å². The van der Waals surface area contributed by atoms with Crippen molar-refractivity contribution in [2.45, 2.75) is 20.8 Å². The molecule has 1 aromatic rings. The molecule has 9 heavy (non-hydrogen) atoms. The van der Waals surface area contributed by atoms with E-state index >= 15 is 0 Å². The lowest BCUT2D eigenvalue weighted by Gasteiger charge is -1.98. The Kier molecular flexibility index (Phi) is 0.839. The maximum Gasteiger partial charge on any atom is 0.0628 e. The summed E-state index contributed by atoms with van der Waals surface area (Å²) in [5.74, 6) is 0. The highest BCUT2D eigenvalue weighted by atomic mass is 13.9. The van der Waals surface area contributed by atoms with Crippen LogP contribution in [-0.4, -0.2) is 0 Å². The summed E-state index contributed by atoms with van der Waals surface area (Å²) in [4.78, 5) is 0. The highest BCUT2D eigenvalue weighted by Crippen LogP contribution is 2.07. The third kappa shape index (κ3) is 1.32. The maximum absolute atomic E-state index is 7.62. The first-order valence-corrected chi connectivity index (χ1v) is 3.00. The summed E-state index contributed by atoms with van der Waals surface area (Å²) in [5.41, 5.74) is 2.16. The first-order chi connectivity index (χ1) is 5.46. The summed E-state index contributed by atoms with van der Waals surface area (Å²) in [7, 11) is 0. The van der Waals surface area contributed by atoms with Gasteiger partial charge in [-0.15, -0.1) is 0 Å². The third-order valence-electron chi connectivity index (χ3n) is 1.38. The molecule has 0 N–H and O–H groups in total. The van der Waals surface area contributed by atoms with E-state index in [1.54, 1.807) is 13.8 Å². The van der Waals surface area contributed by atoms with Crippen molar-refractivity contribution in [2.75, 3.05) is 0 Å². The molecular formula is C9H12. The molecule has 1 rings (SSSR count). The van der Waals surface area contributed by atoms with Crippen LogP contribution in [0.2, 0.25) is 0 Å². The van der Waals surface area contributed by atoms with Gasteiger partial charge in [0, 0.05) is 0 Å². The van der Waals surface area contributed by atoms with Crippen LogP contribution in [0.15, 0.2) is 18.1 Å². The zero-order valence-electron chi connectivity index (χ0n) is 9.00. The Hall–Kier alpha value is -0.780. The van der Waals surface area contributed by atoms with Crippen molar-refractivity contribution in [1.29, 1.82) is 0 Å². The molecule has 0 aromatic heterocycles. The fourth-order valence-corrected chi connectivity index (χ4v) is 0.688. The minimum atomic E-state index is 0.183. The van der Waals surface area contributed by atoms with Crippen LogP contribution in [0.3, 0.4) is 0 Å². The van der Waals surface area contributed by atoms with Gasteiger partial charge in [0.25, 0.3) is 0 Å². The van der Waals surface area contributed by atoms with Crippen LogP contribution in [0.25, 0.3) is 0 Å².